The van der Waals surface area contributed by atoms with Crippen LogP contribution in [-0.4, -0.2) is 114 Å². The van der Waals surface area contributed by atoms with Gasteiger partial charge in [0.05, 0.1) is 39.1 Å². The summed E-state index contributed by atoms with van der Waals surface area (Å²) in [7, 11) is 6.37. The summed E-state index contributed by atoms with van der Waals surface area (Å²) in [6.45, 7) is 22.3. The lowest BCUT2D eigenvalue weighted by Crippen LogP contribution is -2.40. The largest absolute Gasteiger partial charge is 0.379 e. The number of hydrogen-bond acceptors (Lipinski definition) is 6. The zero-order chi connectivity index (χ0) is 21.1. The molecular formula is C21H49N3O3. The molecule has 0 aromatic carbocycles. The molecule has 3 aliphatic heterocycles. The third-order valence-corrected chi connectivity index (χ3v) is 4.38. The SMILES string of the molecule is CC.CC.CC1CN(C)CCO1.CC1COCCN1C.CN1CCOCC1. The molecule has 0 aromatic rings. The second kappa shape index (κ2) is 20.5. The zero-order valence-corrected chi connectivity index (χ0v) is 19.8. The van der Waals surface area contributed by atoms with Gasteiger partial charge in [0.25, 0.3) is 0 Å². The van der Waals surface area contributed by atoms with Crippen LogP contribution in [0.2, 0.25) is 0 Å². The van der Waals surface area contributed by atoms with E-state index in [1.165, 1.54) is 0 Å². The van der Waals surface area contributed by atoms with Crippen LogP contribution in [0.3, 0.4) is 0 Å². The standard InChI is InChI=1S/2C6H13NO.C5H11NO.2C2H6/c1-6-5-8-4-3-7(6)2;1-6-5-7(2)3-4-8-6;1-6-2-4-7-5-3-6;2*1-2/h2*6H,3-5H2,1-2H3;2-5H2,1H3;2*1-2H3. The van der Waals surface area contributed by atoms with Crippen LogP contribution in [0.15, 0.2) is 0 Å². The van der Waals surface area contributed by atoms with Crippen LogP contribution in [0, 0.1) is 0 Å². The van der Waals surface area contributed by atoms with Gasteiger partial charge in [-0.3, -0.25) is 4.90 Å². The van der Waals surface area contributed by atoms with Gasteiger partial charge in [0.1, 0.15) is 0 Å². The van der Waals surface area contributed by atoms with E-state index in [2.05, 4.69) is 49.7 Å². The maximum Gasteiger partial charge on any atom is 0.0674 e. The molecular weight excluding hydrogens is 342 g/mol. The molecule has 3 heterocycles. The van der Waals surface area contributed by atoms with Gasteiger partial charge in [-0.25, -0.2) is 0 Å². The molecule has 2 atom stereocenters. The van der Waals surface area contributed by atoms with Crippen molar-refractivity contribution in [2.45, 2.75) is 53.7 Å². The first-order valence-electron chi connectivity index (χ1n) is 10.8. The first-order chi connectivity index (χ1) is 13.0. The van der Waals surface area contributed by atoms with Crippen molar-refractivity contribution in [3.8, 4) is 0 Å². The summed E-state index contributed by atoms with van der Waals surface area (Å²) in [6.07, 6.45) is 0.439. The van der Waals surface area contributed by atoms with E-state index in [4.69, 9.17) is 14.2 Å². The van der Waals surface area contributed by atoms with Crippen LogP contribution in [0.4, 0.5) is 0 Å². The molecule has 0 amide bonds. The third-order valence-electron chi connectivity index (χ3n) is 4.38. The lowest BCUT2D eigenvalue weighted by Gasteiger charge is -2.29. The molecule has 6 heteroatoms. The smallest absolute Gasteiger partial charge is 0.0674 e. The summed E-state index contributed by atoms with van der Waals surface area (Å²) < 4.78 is 15.6. The Morgan fingerprint density at radius 1 is 0.667 bits per heavy atom. The van der Waals surface area contributed by atoms with Crippen molar-refractivity contribution in [3.05, 3.63) is 0 Å². The normalized spacial score (nSPS) is 26.6. The van der Waals surface area contributed by atoms with Crippen molar-refractivity contribution >= 4 is 0 Å². The monoisotopic (exact) mass is 391 g/mol. The molecule has 0 radical (unpaired) electrons. The predicted molar refractivity (Wildman–Crippen MR) is 117 cm³/mol. The van der Waals surface area contributed by atoms with Crippen molar-refractivity contribution in [3.63, 3.8) is 0 Å². The Hall–Kier alpha value is -0.240. The second-order valence-electron chi connectivity index (χ2n) is 6.76. The zero-order valence-electron chi connectivity index (χ0n) is 19.8. The lowest BCUT2D eigenvalue weighted by atomic mass is 10.3. The van der Waals surface area contributed by atoms with Crippen LogP contribution >= 0.6 is 0 Å². The van der Waals surface area contributed by atoms with Crippen molar-refractivity contribution in [2.75, 3.05) is 86.9 Å². The van der Waals surface area contributed by atoms with Gasteiger partial charge in [-0.2, -0.15) is 0 Å². The average molecular weight is 392 g/mol. The Bertz CT molecular complexity index is 272. The van der Waals surface area contributed by atoms with Crippen LogP contribution in [-0.2, 0) is 14.2 Å². The molecule has 0 bridgehead atoms. The highest BCUT2D eigenvalue weighted by atomic mass is 16.5. The molecule has 27 heavy (non-hydrogen) atoms. The molecule has 3 fully saturated rings. The minimum absolute atomic E-state index is 0.439. The number of nitrogens with zero attached hydrogens (tertiary/aromatic N) is 3. The van der Waals surface area contributed by atoms with Crippen molar-refractivity contribution in [1.82, 2.24) is 14.7 Å². The molecule has 0 N–H and O–H groups in total. The van der Waals surface area contributed by atoms with Gasteiger partial charge in [-0.15, -0.1) is 0 Å². The summed E-state index contributed by atoms with van der Waals surface area (Å²) in [5.41, 5.74) is 0. The van der Waals surface area contributed by atoms with E-state index < -0.39 is 0 Å². The molecule has 0 spiro atoms. The highest BCUT2D eigenvalue weighted by Crippen LogP contribution is 2.01. The van der Waals surface area contributed by atoms with Gasteiger partial charge in [-0.05, 0) is 35.0 Å². The molecule has 0 aliphatic carbocycles. The van der Waals surface area contributed by atoms with Crippen molar-refractivity contribution < 1.29 is 14.2 Å². The molecule has 2 unspecified atom stereocenters. The Kier molecular flexibility index (Phi) is 22.0. The highest BCUT2D eigenvalue weighted by Gasteiger charge is 2.13. The van der Waals surface area contributed by atoms with Gasteiger partial charge < -0.3 is 24.0 Å². The number of rotatable bonds is 0. The minimum Gasteiger partial charge on any atom is -0.379 e. The molecule has 0 saturated carbocycles. The Morgan fingerprint density at radius 2 is 1.19 bits per heavy atom. The first-order valence-corrected chi connectivity index (χ1v) is 10.8. The molecule has 0 aromatic heterocycles. The fourth-order valence-corrected chi connectivity index (χ4v) is 2.46. The first kappa shape index (κ1) is 29.0. The van der Waals surface area contributed by atoms with E-state index in [1.807, 2.05) is 27.7 Å². The van der Waals surface area contributed by atoms with Crippen LogP contribution < -0.4 is 0 Å². The van der Waals surface area contributed by atoms with E-state index in [0.717, 1.165) is 65.8 Å². The maximum absolute atomic E-state index is 5.31. The fourth-order valence-electron chi connectivity index (χ4n) is 2.46. The fraction of sp³-hybridized carbons (Fsp3) is 1.00. The van der Waals surface area contributed by atoms with Crippen LogP contribution in [0.1, 0.15) is 41.5 Å². The Labute approximate surface area is 170 Å². The molecule has 3 saturated heterocycles. The average Bonchev–Trinajstić information content (AvgIpc) is 2.69. The number of morpholine rings is 3. The Balaban J connectivity index is 0. The topological polar surface area (TPSA) is 37.4 Å². The number of likely N-dealkylation sites (N-methyl/N-ethyl adjacent to an activating group) is 3. The Morgan fingerprint density at radius 3 is 1.48 bits per heavy atom. The van der Waals surface area contributed by atoms with Gasteiger partial charge in [-0.1, -0.05) is 27.7 Å². The summed E-state index contributed by atoms with van der Waals surface area (Å²) in [5.74, 6) is 0. The third kappa shape index (κ3) is 17.6. The quantitative estimate of drug-likeness (QED) is 0.632. The van der Waals surface area contributed by atoms with E-state index >= 15 is 0 Å². The molecule has 166 valence electrons. The highest BCUT2D eigenvalue weighted by molar-refractivity contribution is 4.65. The van der Waals surface area contributed by atoms with Crippen LogP contribution in [0.5, 0.6) is 0 Å². The molecule has 6 nitrogen and oxygen atoms in total. The maximum atomic E-state index is 5.31. The van der Waals surface area contributed by atoms with Crippen molar-refractivity contribution in [2.24, 2.45) is 0 Å². The van der Waals surface area contributed by atoms with Gasteiger partial charge in [0.2, 0.25) is 0 Å². The number of hydrogen-bond donors (Lipinski definition) is 0. The molecule has 3 aliphatic rings. The summed E-state index contributed by atoms with van der Waals surface area (Å²) in [5, 5.41) is 0. The lowest BCUT2D eigenvalue weighted by molar-refractivity contribution is -0.00861. The minimum atomic E-state index is 0.439. The number of ether oxygens (including phenoxy) is 3. The van der Waals surface area contributed by atoms with E-state index in [9.17, 15) is 0 Å². The summed E-state index contributed by atoms with van der Waals surface area (Å²) >= 11 is 0. The van der Waals surface area contributed by atoms with E-state index in [-0.39, 0.29) is 0 Å². The van der Waals surface area contributed by atoms with Gasteiger partial charge in [0, 0.05) is 38.8 Å². The van der Waals surface area contributed by atoms with Crippen molar-refractivity contribution in [1.29, 1.82) is 0 Å². The predicted octanol–water partition coefficient (Wildman–Crippen LogP) is 2.67. The molecule has 3 rings (SSSR count). The second-order valence-corrected chi connectivity index (χ2v) is 6.76. The summed E-state index contributed by atoms with van der Waals surface area (Å²) in [6, 6.07) is 0.615. The van der Waals surface area contributed by atoms with E-state index in [1.54, 1.807) is 0 Å². The van der Waals surface area contributed by atoms with Crippen LogP contribution in [0.25, 0.3) is 0 Å². The van der Waals surface area contributed by atoms with Gasteiger partial charge >= 0.3 is 0 Å². The van der Waals surface area contributed by atoms with E-state index in [0.29, 0.717) is 12.1 Å². The summed E-state index contributed by atoms with van der Waals surface area (Å²) in [4.78, 5) is 6.86. The van der Waals surface area contributed by atoms with Gasteiger partial charge in [0.15, 0.2) is 0 Å².